The summed E-state index contributed by atoms with van der Waals surface area (Å²) in [5.74, 6) is -2.94. The minimum atomic E-state index is -0.972. The van der Waals surface area contributed by atoms with E-state index >= 15 is 0 Å². The Morgan fingerprint density at radius 2 is 1.85 bits per heavy atom. The maximum atomic E-state index is 13.2. The quantitative estimate of drug-likeness (QED) is 0.199. The summed E-state index contributed by atoms with van der Waals surface area (Å²) in [6.45, 7) is 13.2. The molecule has 11 heteroatoms. The lowest BCUT2D eigenvalue weighted by atomic mass is 9.82. The van der Waals surface area contributed by atoms with Crippen LogP contribution in [0.3, 0.4) is 0 Å². The topological polar surface area (TPSA) is 174 Å². The zero-order chi connectivity index (χ0) is 33.6. The molecule has 5 N–H and O–H groups in total. The molecule has 46 heavy (non-hydrogen) atoms. The van der Waals surface area contributed by atoms with Gasteiger partial charge in [-0.1, -0.05) is 26.5 Å². The standard InChI is InChI=1S/C35H38N4O7/c1-8-19-15(3)26(14-40)36-25(19)13-24-18(6)28-32(38-24)29(30(33(28)43)35(45)46-7)31-21(10-11-27(41)42)17(5)22(37-31)12-23-16(4)20(9-2)34(44)39-23/h9,12-14,17,21,23,36,38,43H,2,8,10-11H2,1,3-7H3,(H,39,44)(H,41,42)/b22-12-,24-13-/t17-,21-,23?/m0/s1. The lowest BCUT2D eigenvalue weighted by molar-refractivity contribution is -0.137. The fraction of sp³-hybridized carbons (Fsp3) is 0.343. The Morgan fingerprint density at radius 3 is 2.43 bits per heavy atom. The van der Waals surface area contributed by atoms with E-state index in [1.54, 1.807) is 0 Å². The van der Waals surface area contributed by atoms with Crippen LogP contribution in [0.25, 0.3) is 17.4 Å². The molecule has 0 bridgehead atoms. The normalized spacial score (nSPS) is 22.1. The van der Waals surface area contributed by atoms with E-state index in [1.165, 1.54) is 13.2 Å². The molecule has 2 aromatic heterocycles. The van der Waals surface area contributed by atoms with E-state index < -0.39 is 23.9 Å². The zero-order valence-corrected chi connectivity index (χ0v) is 26.8. The molecule has 3 atom stereocenters. The number of nitrogens with one attached hydrogen (secondary N) is 3. The van der Waals surface area contributed by atoms with Gasteiger partial charge >= 0.3 is 11.9 Å². The third kappa shape index (κ3) is 5.15. The maximum Gasteiger partial charge on any atom is 0.342 e. The van der Waals surface area contributed by atoms with Gasteiger partial charge in [0.25, 0.3) is 5.91 Å². The Bertz CT molecular complexity index is 1960. The molecule has 3 aliphatic rings. The van der Waals surface area contributed by atoms with E-state index in [0.717, 1.165) is 28.7 Å². The number of carboxylic acid groups (broad SMARTS) is 1. The van der Waals surface area contributed by atoms with E-state index in [9.17, 15) is 29.4 Å². The highest BCUT2D eigenvalue weighted by Crippen LogP contribution is 2.41. The van der Waals surface area contributed by atoms with Crippen LogP contribution in [0, 0.1) is 25.7 Å². The number of carboxylic acids is 1. The van der Waals surface area contributed by atoms with E-state index in [0.29, 0.717) is 56.5 Å². The molecule has 11 nitrogen and oxygen atoms in total. The van der Waals surface area contributed by atoms with Crippen LogP contribution in [-0.4, -0.2) is 63.2 Å². The number of amides is 1. The summed E-state index contributed by atoms with van der Waals surface area (Å²) in [5, 5.41) is 25.2. The first-order chi connectivity index (χ1) is 21.9. The van der Waals surface area contributed by atoms with Crippen LogP contribution < -0.4 is 16.0 Å². The number of aliphatic hydroxyl groups is 1. The predicted octanol–water partition coefficient (Wildman–Crippen LogP) is 3.23. The van der Waals surface area contributed by atoms with Crippen molar-refractivity contribution in [3.05, 3.63) is 85.5 Å². The number of allylic oxidation sites excluding steroid dienone is 1. The van der Waals surface area contributed by atoms with Gasteiger partial charge in [-0.05, 0) is 68.0 Å². The van der Waals surface area contributed by atoms with E-state index in [2.05, 4.69) is 21.9 Å². The Balaban J connectivity index is 1.76. The summed E-state index contributed by atoms with van der Waals surface area (Å²) in [5.41, 5.74) is 6.80. The van der Waals surface area contributed by atoms with E-state index in [4.69, 9.17) is 9.73 Å². The first-order valence-electron chi connectivity index (χ1n) is 15.2. The number of aromatic nitrogens is 2. The fourth-order valence-electron chi connectivity index (χ4n) is 6.81. The second-order valence-electron chi connectivity index (χ2n) is 11.8. The summed E-state index contributed by atoms with van der Waals surface area (Å²) >= 11 is 0. The zero-order valence-electron chi connectivity index (χ0n) is 26.8. The molecule has 240 valence electrons. The van der Waals surface area contributed by atoms with Gasteiger partial charge in [0.15, 0.2) is 6.29 Å². The Morgan fingerprint density at radius 1 is 1.13 bits per heavy atom. The fourth-order valence-corrected chi connectivity index (χ4v) is 6.81. The van der Waals surface area contributed by atoms with Crippen molar-refractivity contribution in [2.45, 2.75) is 59.9 Å². The average molecular weight is 627 g/mol. The van der Waals surface area contributed by atoms with E-state index in [1.807, 2.05) is 46.8 Å². The van der Waals surface area contributed by atoms with Gasteiger partial charge in [-0.2, -0.15) is 0 Å². The van der Waals surface area contributed by atoms with Crippen molar-refractivity contribution in [2.75, 3.05) is 7.11 Å². The third-order valence-corrected chi connectivity index (χ3v) is 9.42. The molecule has 2 aliphatic heterocycles. The van der Waals surface area contributed by atoms with Crippen LogP contribution in [0.4, 0.5) is 0 Å². The van der Waals surface area contributed by atoms with Crippen molar-refractivity contribution in [2.24, 2.45) is 16.8 Å². The minimum Gasteiger partial charge on any atom is -0.506 e. The average Bonchev–Trinajstić information content (AvgIpc) is 3.76. The second kappa shape index (κ2) is 12.3. The molecule has 0 saturated heterocycles. The van der Waals surface area contributed by atoms with Crippen LogP contribution in [0.1, 0.15) is 72.0 Å². The molecule has 2 aromatic rings. The number of rotatable bonds is 10. The van der Waals surface area contributed by atoms with Crippen molar-refractivity contribution in [3.8, 4) is 0 Å². The lowest BCUT2D eigenvalue weighted by Gasteiger charge is -2.19. The number of nitrogens with zero attached hydrogens (tertiary/aromatic N) is 1. The van der Waals surface area contributed by atoms with Gasteiger partial charge in [-0.25, -0.2) is 4.79 Å². The summed E-state index contributed by atoms with van der Waals surface area (Å²) in [4.78, 5) is 60.6. The van der Waals surface area contributed by atoms with Gasteiger partial charge in [0, 0.05) is 51.7 Å². The number of aliphatic imine (C=N–C) groups is 1. The smallest absolute Gasteiger partial charge is 0.342 e. The third-order valence-electron chi connectivity index (χ3n) is 9.42. The van der Waals surface area contributed by atoms with Crippen molar-refractivity contribution in [1.82, 2.24) is 15.3 Å². The van der Waals surface area contributed by atoms with Gasteiger partial charge in [-0.15, -0.1) is 0 Å². The number of fused-ring (bicyclic) bond motifs is 1. The van der Waals surface area contributed by atoms with Crippen LogP contribution in [0.5, 0.6) is 0 Å². The van der Waals surface area contributed by atoms with Crippen LogP contribution in [-0.2, 0) is 25.5 Å². The molecular formula is C35H38N4O7. The number of aliphatic carboxylic acids is 1. The van der Waals surface area contributed by atoms with Gasteiger partial charge in [0.1, 0.15) is 11.3 Å². The van der Waals surface area contributed by atoms with Gasteiger partial charge in [0.2, 0.25) is 0 Å². The molecule has 1 amide bonds. The minimum absolute atomic E-state index is 0.0571. The SMILES string of the molecule is C=CC1=C(C)C(/C=C2\N=C(C3=c4[nH]/c(=C\c5[nH]c(C=O)c(C)c5CC)c(C)c4C(O)=C3C(=O)OC)[C@@H](CCC(=O)O)[C@@H]2C)NC1=O. The maximum absolute atomic E-state index is 13.2. The Kier molecular flexibility index (Phi) is 8.62. The molecular weight excluding hydrogens is 588 g/mol. The molecule has 4 heterocycles. The summed E-state index contributed by atoms with van der Waals surface area (Å²) < 4.78 is 5.10. The molecule has 0 radical (unpaired) electrons. The first kappa shape index (κ1) is 32.2. The largest absolute Gasteiger partial charge is 0.506 e. The van der Waals surface area contributed by atoms with Crippen molar-refractivity contribution in [1.29, 1.82) is 0 Å². The van der Waals surface area contributed by atoms with Crippen LogP contribution in [0.2, 0.25) is 0 Å². The molecule has 0 fully saturated rings. The number of esters is 1. The van der Waals surface area contributed by atoms with Crippen LogP contribution in [0.15, 0.2) is 46.1 Å². The number of carbonyl (C=O) groups excluding carboxylic acids is 3. The number of hydrogen-bond donors (Lipinski definition) is 5. The Hall–Kier alpha value is -5.19. The molecule has 5 rings (SSSR count). The summed E-state index contributed by atoms with van der Waals surface area (Å²) in [6, 6.07) is -0.434. The van der Waals surface area contributed by atoms with Crippen LogP contribution >= 0.6 is 0 Å². The molecule has 0 saturated carbocycles. The number of hydrogen-bond acceptors (Lipinski definition) is 7. The predicted molar refractivity (Wildman–Crippen MR) is 173 cm³/mol. The number of aliphatic hydroxyl groups excluding tert-OH is 1. The number of methoxy groups -OCH3 is 1. The molecule has 1 unspecified atom stereocenters. The van der Waals surface area contributed by atoms with Gasteiger partial charge < -0.3 is 30.2 Å². The van der Waals surface area contributed by atoms with Gasteiger partial charge in [-0.3, -0.25) is 19.4 Å². The second-order valence-corrected chi connectivity index (χ2v) is 11.8. The van der Waals surface area contributed by atoms with E-state index in [-0.39, 0.29) is 36.0 Å². The number of carbonyl (C=O) groups is 4. The Labute approximate surface area is 265 Å². The highest BCUT2D eigenvalue weighted by atomic mass is 16.5. The summed E-state index contributed by atoms with van der Waals surface area (Å²) in [7, 11) is 1.23. The van der Waals surface area contributed by atoms with Crippen molar-refractivity contribution >= 4 is 47.3 Å². The number of H-pyrrole nitrogens is 2. The monoisotopic (exact) mass is 626 g/mol. The molecule has 1 aliphatic carbocycles. The van der Waals surface area contributed by atoms with Crippen molar-refractivity contribution in [3.63, 3.8) is 0 Å². The highest BCUT2D eigenvalue weighted by Gasteiger charge is 2.42. The van der Waals surface area contributed by atoms with Gasteiger partial charge in [0.05, 0.1) is 29.9 Å². The van der Waals surface area contributed by atoms with Crippen molar-refractivity contribution < 1.29 is 34.1 Å². The number of aromatic amines is 2. The molecule has 0 aromatic carbocycles. The lowest BCUT2D eigenvalue weighted by Crippen LogP contribution is -2.28. The number of aldehydes is 1. The summed E-state index contributed by atoms with van der Waals surface area (Å²) in [6.07, 6.45) is 6.78. The molecule has 0 spiro atoms. The number of ether oxygens (including phenoxy) is 1. The highest BCUT2D eigenvalue weighted by molar-refractivity contribution is 6.35. The first-order valence-corrected chi connectivity index (χ1v) is 15.2.